The number of benzene rings is 2. The molecule has 2 aromatic carbocycles. The van der Waals surface area contributed by atoms with Gasteiger partial charge in [0.15, 0.2) is 0 Å². The van der Waals surface area contributed by atoms with E-state index < -0.39 is 6.10 Å². The van der Waals surface area contributed by atoms with Crippen LogP contribution in [0, 0.1) is 0 Å². The number of esters is 1. The molecule has 3 heteroatoms. The molecule has 0 N–H and O–H groups in total. The summed E-state index contributed by atoms with van der Waals surface area (Å²) < 4.78 is 11.4. The van der Waals surface area contributed by atoms with E-state index in [0.717, 1.165) is 5.56 Å². The molecule has 0 saturated heterocycles. The fourth-order valence-corrected chi connectivity index (χ4v) is 2.02. The summed E-state index contributed by atoms with van der Waals surface area (Å²) in [6.45, 7) is 6.24. The lowest BCUT2D eigenvalue weighted by Crippen LogP contribution is -2.28. The number of hydrogen-bond donors (Lipinski definition) is 0. The molecule has 126 valence electrons. The van der Waals surface area contributed by atoms with Gasteiger partial charge in [-0.1, -0.05) is 54.6 Å². The monoisotopic (exact) mass is 324 g/mol. The molecule has 0 fully saturated rings. The Morgan fingerprint density at radius 3 is 2.17 bits per heavy atom. The molecule has 0 aliphatic carbocycles. The largest absolute Gasteiger partial charge is 0.452 e. The predicted octanol–water partition coefficient (Wildman–Crippen LogP) is 4.74. The second-order valence-corrected chi connectivity index (χ2v) is 6.50. The van der Waals surface area contributed by atoms with Gasteiger partial charge in [-0.3, -0.25) is 0 Å². The first-order valence-corrected chi connectivity index (χ1v) is 8.07. The van der Waals surface area contributed by atoms with Gasteiger partial charge in [-0.05, 0) is 44.5 Å². The highest BCUT2D eigenvalue weighted by molar-refractivity contribution is 5.89. The SMILES string of the molecule is CC(C)(C)OCC(/C=C/c1ccccc1)OC(=O)c1ccccc1. The zero-order valence-corrected chi connectivity index (χ0v) is 14.4. The van der Waals surface area contributed by atoms with Crippen LogP contribution in [0.4, 0.5) is 0 Å². The highest BCUT2D eigenvalue weighted by Gasteiger charge is 2.18. The van der Waals surface area contributed by atoms with Crippen molar-refractivity contribution in [2.24, 2.45) is 0 Å². The fourth-order valence-electron chi connectivity index (χ4n) is 2.02. The van der Waals surface area contributed by atoms with E-state index in [0.29, 0.717) is 12.2 Å². The van der Waals surface area contributed by atoms with Gasteiger partial charge in [-0.25, -0.2) is 4.79 Å². The summed E-state index contributed by atoms with van der Waals surface area (Å²) in [5, 5.41) is 0. The minimum Gasteiger partial charge on any atom is -0.452 e. The van der Waals surface area contributed by atoms with Crippen LogP contribution in [0.1, 0.15) is 36.7 Å². The average Bonchev–Trinajstić information content (AvgIpc) is 2.58. The molecule has 24 heavy (non-hydrogen) atoms. The van der Waals surface area contributed by atoms with Crippen LogP contribution in [0.5, 0.6) is 0 Å². The second-order valence-electron chi connectivity index (χ2n) is 6.50. The van der Waals surface area contributed by atoms with Gasteiger partial charge >= 0.3 is 5.97 Å². The summed E-state index contributed by atoms with van der Waals surface area (Å²) >= 11 is 0. The molecule has 0 radical (unpaired) electrons. The molecule has 0 aliphatic rings. The molecular formula is C21H24O3. The first kappa shape index (κ1) is 18.0. The molecular weight excluding hydrogens is 300 g/mol. The van der Waals surface area contributed by atoms with Crippen LogP contribution in [0.25, 0.3) is 6.08 Å². The van der Waals surface area contributed by atoms with Crippen molar-refractivity contribution in [3.05, 3.63) is 77.9 Å². The number of ether oxygens (including phenoxy) is 2. The summed E-state index contributed by atoms with van der Waals surface area (Å²) in [5.74, 6) is -0.351. The summed E-state index contributed by atoms with van der Waals surface area (Å²) in [5.41, 5.74) is 1.29. The van der Waals surface area contributed by atoms with Gasteiger partial charge < -0.3 is 9.47 Å². The quantitative estimate of drug-likeness (QED) is 0.720. The lowest BCUT2D eigenvalue weighted by atomic mass is 10.1. The maximum Gasteiger partial charge on any atom is 0.338 e. The van der Waals surface area contributed by atoms with Crippen LogP contribution >= 0.6 is 0 Å². The third kappa shape index (κ3) is 6.39. The van der Waals surface area contributed by atoms with Crippen LogP contribution in [0.3, 0.4) is 0 Å². The summed E-state index contributed by atoms with van der Waals surface area (Å²) in [4.78, 5) is 12.3. The molecule has 0 heterocycles. The van der Waals surface area contributed by atoms with Crippen molar-refractivity contribution >= 4 is 12.0 Å². The first-order chi connectivity index (χ1) is 11.4. The molecule has 0 aliphatic heterocycles. The molecule has 0 amide bonds. The van der Waals surface area contributed by atoms with Crippen LogP contribution in [0.15, 0.2) is 66.7 Å². The Morgan fingerprint density at radius 1 is 1.00 bits per heavy atom. The Labute approximate surface area is 143 Å². The van der Waals surface area contributed by atoms with Crippen LogP contribution in [-0.2, 0) is 9.47 Å². The van der Waals surface area contributed by atoms with Gasteiger partial charge in [-0.15, -0.1) is 0 Å². The molecule has 0 bridgehead atoms. The Hall–Kier alpha value is -2.39. The molecule has 0 aromatic heterocycles. The molecule has 2 aromatic rings. The molecule has 2 rings (SSSR count). The Bertz CT molecular complexity index is 654. The molecule has 1 unspecified atom stereocenters. The van der Waals surface area contributed by atoms with Crippen molar-refractivity contribution in [3.63, 3.8) is 0 Å². The predicted molar refractivity (Wildman–Crippen MR) is 96.8 cm³/mol. The minimum absolute atomic E-state index is 0.294. The third-order valence-corrected chi connectivity index (χ3v) is 3.25. The minimum atomic E-state index is -0.447. The maximum absolute atomic E-state index is 12.3. The van der Waals surface area contributed by atoms with Crippen molar-refractivity contribution in [3.8, 4) is 0 Å². The van der Waals surface area contributed by atoms with Gasteiger partial charge in [0.2, 0.25) is 0 Å². The van der Waals surface area contributed by atoms with E-state index in [9.17, 15) is 4.79 Å². The topological polar surface area (TPSA) is 35.5 Å². The average molecular weight is 324 g/mol. The second kappa shape index (κ2) is 8.46. The van der Waals surface area contributed by atoms with Crippen LogP contribution in [-0.4, -0.2) is 24.3 Å². The van der Waals surface area contributed by atoms with Crippen molar-refractivity contribution in [2.45, 2.75) is 32.5 Å². The van der Waals surface area contributed by atoms with Gasteiger partial charge in [-0.2, -0.15) is 0 Å². The highest BCUT2D eigenvalue weighted by atomic mass is 16.6. The van der Waals surface area contributed by atoms with E-state index >= 15 is 0 Å². The van der Waals surface area contributed by atoms with Crippen LogP contribution in [0.2, 0.25) is 0 Å². The Morgan fingerprint density at radius 2 is 1.58 bits per heavy atom. The molecule has 0 saturated carbocycles. The normalized spacial score (nSPS) is 13.0. The Balaban J connectivity index is 2.07. The first-order valence-electron chi connectivity index (χ1n) is 8.07. The van der Waals surface area contributed by atoms with Gasteiger partial charge in [0.05, 0.1) is 17.8 Å². The lowest BCUT2D eigenvalue weighted by Gasteiger charge is -2.23. The summed E-state index contributed by atoms with van der Waals surface area (Å²) in [6, 6.07) is 18.9. The molecule has 3 nitrogen and oxygen atoms in total. The van der Waals surface area contributed by atoms with E-state index in [4.69, 9.17) is 9.47 Å². The standard InChI is InChI=1S/C21H24O3/c1-21(2,3)23-16-19(15-14-17-10-6-4-7-11-17)24-20(22)18-12-8-5-9-13-18/h4-15,19H,16H2,1-3H3/b15-14+. The smallest absolute Gasteiger partial charge is 0.338 e. The van der Waals surface area contributed by atoms with E-state index in [1.165, 1.54) is 0 Å². The number of hydrogen-bond acceptors (Lipinski definition) is 3. The zero-order valence-electron chi connectivity index (χ0n) is 14.4. The summed E-state index contributed by atoms with van der Waals surface area (Å²) in [7, 11) is 0. The van der Waals surface area contributed by atoms with Crippen molar-refractivity contribution < 1.29 is 14.3 Å². The van der Waals surface area contributed by atoms with E-state index in [1.807, 2.05) is 81.5 Å². The Kier molecular flexibility index (Phi) is 6.33. The molecule has 1 atom stereocenters. The number of carbonyl (C=O) groups excluding carboxylic acids is 1. The number of rotatable bonds is 6. The van der Waals surface area contributed by atoms with Gasteiger partial charge in [0.25, 0.3) is 0 Å². The third-order valence-electron chi connectivity index (χ3n) is 3.25. The van der Waals surface area contributed by atoms with Crippen LogP contribution < -0.4 is 0 Å². The maximum atomic E-state index is 12.3. The molecule has 0 spiro atoms. The highest BCUT2D eigenvalue weighted by Crippen LogP contribution is 2.12. The van der Waals surface area contributed by atoms with E-state index in [2.05, 4.69) is 0 Å². The van der Waals surface area contributed by atoms with Gasteiger partial charge in [0, 0.05) is 0 Å². The fraction of sp³-hybridized carbons (Fsp3) is 0.286. The lowest BCUT2D eigenvalue weighted by molar-refractivity contribution is -0.0458. The summed E-state index contributed by atoms with van der Waals surface area (Å²) in [6.07, 6.45) is 3.36. The zero-order chi connectivity index (χ0) is 17.4. The van der Waals surface area contributed by atoms with Gasteiger partial charge in [0.1, 0.15) is 6.10 Å². The van der Waals surface area contributed by atoms with Crippen molar-refractivity contribution in [1.82, 2.24) is 0 Å². The van der Waals surface area contributed by atoms with Crippen molar-refractivity contribution in [1.29, 1.82) is 0 Å². The van der Waals surface area contributed by atoms with Crippen molar-refractivity contribution in [2.75, 3.05) is 6.61 Å². The van der Waals surface area contributed by atoms with E-state index in [-0.39, 0.29) is 11.6 Å². The van der Waals surface area contributed by atoms with E-state index in [1.54, 1.807) is 12.1 Å². The number of carbonyl (C=O) groups is 1.